The monoisotopic (exact) mass is 401 g/mol. The van der Waals surface area contributed by atoms with E-state index in [9.17, 15) is 14.0 Å². The molecule has 3 heterocycles. The van der Waals surface area contributed by atoms with Gasteiger partial charge in [0.05, 0.1) is 12.2 Å². The predicted molar refractivity (Wildman–Crippen MR) is 101 cm³/mol. The first-order valence-corrected chi connectivity index (χ1v) is 9.27. The van der Waals surface area contributed by atoms with Gasteiger partial charge in [-0.25, -0.2) is 9.18 Å². The number of hydrogen-bond acceptors (Lipinski definition) is 6. The smallest absolute Gasteiger partial charge is 0.414 e. The summed E-state index contributed by atoms with van der Waals surface area (Å²) in [5.41, 5.74) is 1.76. The van der Waals surface area contributed by atoms with Crippen LogP contribution in [-0.2, 0) is 9.53 Å². The second kappa shape index (κ2) is 7.94. The molecule has 0 N–H and O–H groups in total. The van der Waals surface area contributed by atoms with Crippen LogP contribution in [0.2, 0.25) is 0 Å². The minimum absolute atomic E-state index is 0.00532. The lowest BCUT2D eigenvalue weighted by atomic mass is 9.98. The number of cyclic esters (lactones) is 1. The molecule has 0 bridgehead atoms. The number of rotatable bonds is 5. The van der Waals surface area contributed by atoms with Crippen LogP contribution in [0.25, 0.3) is 5.57 Å². The van der Waals surface area contributed by atoms with Gasteiger partial charge >= 0.3 is 6.09 Å². The summed E-state index contributed by atoms with van der Waals surface area (Å²) in [4.78, 5) is 26.7. The lowest BCUT2D eigenvalue weighted by Crippen LogP contribution is -2.32. The SMILES string of the molecule is CC(=O)N1CC=C(c2ccc(N3C[C@H](COc4ccon4)OC3=O)cc2F)CC1. The van der Waals surface area contributed by atoms with E-state index in [1.807, 2.05) is 6.08 Å². The van der Waals surface area contributed by atoms with Crippen molar-refractivity contribution < 1.29 is 28.0 Å². The van der Waals surface area contributed by atoms with Gasteiger partial charge in [-0.2, -0.15) is 0 Å². The number of carbonyl (C=O) groups excluding carboxylic acids is 2. The first-order valence-electron chi connectivity index (χ1n) is 9.27. The number of amides is 2. The Bertz CT molecular complexity index is 944. The standard InChI is InChI=1S/C20H20FN3O5/c1-13(25)23-7-4-14(5-8-23)17-3-2-15(10-18(17)21)24-11-16(29-20(24)26)12-27-19-6-9-28-22-19/h2-4,6,9-10,16H,5,7-8,11-12H2,1H3/t16-/m1/s1. The molecule has 0 radical (unpaired) electrons. The van der Waals surface area contributed by atoms with Crippen molar-refractivity contribution in [3.05, 3.63) is 48.0 Å². The highest BCUT2D eigenvalue weighted by molar-refractivity contribution is 5.90. The van der Waals surface area contributed by atoms with Gasteiger partial charge in [0.2, 0.25) is 5.91 Å². The van der Waals surface area contributed by atoms with Gasteiger partial charge in [0, 0.05) is 31.6 Å². The van der Waals surface area contributed by atoms with E-state index in [1.54, 1.807) is 23.1 Å². The molecule has 1 fully saturated rings. The maximum absolute atomic E-state index is 14.8. The molecule has 2 aromatic rings. The van der Waals surface area contributed by atoms with Crippen LogP contribution in [0.4, 0.5) is 14.9 Å². The van der Waals surface area contributed by atoms with Gasteiger partial charge in [0.25, 0.3) is 5.88 Å². The Labute approximate surface area is 166 Å². The largest absolute Gasteiger partial charge is 0.471 e. The third kappa shape index (κ3) is 4.08. The Balaban J connectivity index is 1.42. The van der Waals surface area contributed by atoms with Crippen molar-refractivity contribution in [2.45, 2.75) is 19.4 Å². The zero-order valence-corrected chi connectivity index (χ0v) is 15.8. The van der Waals surface area contributed by atoms with Crippen molar-refractivity contribution in [1.29, 1.82) is 0 Å². The molecule has 2 amide bonds. The molecule has 0 unspecified atom stereocenters. The van der Waals surface area contributed by atoms with Crippen LogP contribution >= 0.6 is 0 Å². The minimum atomic E-state index is -0.556. The molecule has 9 heteroatoms. The van der Waals surface area contributed by atoms with E-state index in [1.165, 1.54) is 24.2 Å². The van der Waals surface area contributed by atoms with Gasteiger partial charge in [0.15, 0.2) is 6.10 Å². The predicted octanol–water partition coefficient (Wildman–Crippen LogP) is 2.85. The molecule has 0 aliphatic carbocycles. The third-order valence-electron chi connectivity index (χ3n) is 4.97. The fourth-order valence-electron chi connectivity index (χ4n) is 3.41. The van der Waals surface area contributed by atoms with Crippen LogP contribution in [-0.4, -0.2) is 54.4 Å². The van der Waals surface area contributed by atoms with Gasteiger partial charge in [-0.15, -0.1) is 0 Å². The molecule has 0 saturated carbocycles. The third-order valence-corrected chi connectivity index (χ3v) is 4.97. The topological polar surface area (TPSA) is 85.1 Å². The van der Waals surface area contributed by atoms with Crippen molar-refractivity contribution in [3.63, 3.8) is 0 Å². The number of hydrogen-bond donors (Lipinski definition) is 0. The molecule has 29 heavy (non-hydrogen) atoms. The number of halogens is 1. The molecule has 2 aliphatic heterocycles. The van der Waals surface area contributed by atoms with E-state index < -0.39 is 18.0 Å². The van der Waals surface area contributed by atoms with Crippen LogP contribution in [0.3, 0.4) is 0 Å². The molecule has 1 atom stereocenters. The summed E-state index contributed by atoms with van der Waals surface area (Å²) in [5.74, 6) is -0.107. The normalized spacial score (nSPS) is 19.2. The van der Waals surface area contributed by atoms with Crippen LogP contribution < -0.4 is 9.64 Å². The van der Waals surface area contributed by atoms with Crippen LogP contribution in [0.15, 0.2) is 41.1 Å². The number of aromatic nitrogens is 1. The summed E-state index contributed by atoms with van der Waals surface area (Å²) in [5, 5.41) is 3.63. The van der Waals surface area contributed by atoms with E-state index >= 15 is 0 Å². The molecular weight excluding hydrogens is 381 g/mol. The molecule has 4 rings (SSSR count). The van der Waals surface area contributed by atoms with E-state index in [2.05, 4.69) is 9.68 Å². The Kier molecular flexibility index (Phi) is 5.20. The molecule has 1 aromatic heterocycles. The summed E-state index contributed by atoms with van der Waals surface area (Å²) in [6.07, 6.45) is 2.78. The number of ether oxygens (including phenoxy) is 2. The average molecular weight is 401 g/mol. The van der Waals surface area contributed by atoms with Crippen LogP contribution in [0.1, 0.15) is 18.9 Å². The second-order valence-corrected chi connectivity index (χ2v) is 6.87. The molecule has 1 aromatic carbocycles. The molecule has 2 aliphatic rings. The quantitative estimate of drug-likeness (QED) is 0.766. The zero-order chi connectivity index (χ0) is 20.4. The number of nitrogens with zero attached hydrogens (tertiary/aromatic N) is 3. The van der Waals surface area contributed by atoms with Crippen LogP contribution in [0, 0.1) is 5.82 Å². The second-order valence-electron chi connectivity index (χ2n) is 6.87. The fraction of sp³-hybridized carbons (Fsp3) is 0.350. The van der Waals surface area contributed by atoms with Crippen LogP contribution in [0.5, 0.6) is 5.88 Å². The van der Waals surface area contributed by atoms with Crippen molar-refractivity contribution in [1.82, 2.24) is 10.1 Å². The Morgan fingerprint density at radius 1 is 1.38 bits per heavy atom. The Morgan fingerprint density at radius 2 is 2.24 bits per heavy atom. The van der Waals surface area contributed by atoms with E-state index in [4.69, 9.17) is 9.47 Å². The van der Waals surface area contributed by atoms with Gasteiger partial charge in [-0.1, -0.05) is 6.08 Å². The van der Waals surface area contributed by atoms with E-state index in [0.29, 0.717) is 36.6 Å². The summed E-state index contributed by atoms with van der Waals surface area (Å²) in [6, 6.07) is 6.24. The highest BCUT2D eigenvalue weighted by Crippen LogP contribution is 2.29. The lowest BCUT2D eigenvalue weighted by Gasteiger charge is -2.25. The van der Waals surface area contributed by atoms with Crippen molar-refractivity contribution in [3.8, 4) is 5.88 Å². The van der Waals surface area contributed by atoms with Gasteiger partial charge < -0.3 is 18.9 Å². The number of anilines is 1. The highest BCUT2D eigenvalue weighted by Gasteiger charge is 2.33. The van der Waals surface area contributed by atoms with Crippen molar-refractivity contribution >= 4 is 23.3 Å². The first kappa shape index (κ1) is 19.0. The minimum Gasteiger partial charge on any atom is -0.471 e. The fourth-order valence-corrected chi connectivity index (χ4v) is 3.41. The first-order chi connectivity index (χ1) is 14.0. The van der Waals surface area contributed by atoms with Gasteiger partial charge in [-0.3, -0.25) is 9.69 Å². The molecule has 0 spiro atoms. The summed E-state index contributed by atoms with van der Waals surface area (Å²) in [6.45, 7) is 2.92. The highest BCUT2D eigenvalue weighted by atomic mass is 19.1. The number of benzene rings is 1. The summed E-state index contributed by atoms with van der Waals surface area (Å²) < 4.78 is 30.1. The average Bonchev–Trinajstić information content (AvgIpc) is 3.36. The number of carbonyl (C=O) groups is 2. The van der Waals surface area contributed by atoms with Crippen molar-refractivity contribution in [2.75, 3.05) is 31.1 Å². The molecular formula is C20H20FN3O5. The van der Waals surface area contributed by atoms with E-state index in [0.717, 1.165) is 5.57 Å². The molecule has 152 valence electrons. The maximum Gasteiger partial charge on any atom is 0.414 e. The van der Waals surface area contributed by atoms with Gasteiger partial charge in [0.1, 0.15) is 18.7 Å². The van der Waals surface area contributed by atoms with E-state index in [-0.39, 0.29) is 19.1 Å². The zero-order valence-electron chi connectivity index (χ0n) is 15.8. The Morgan fingerprint density at radius 3 is 2.90 bits per heavy atom. The van der Waals surface area contributed by atoms with Crippen molar-refractivity contribution in [2.24, 2.45) is 0 Å². The maximum atomic E-state index is 14.8. The summed E-state index contributed by atoms with van der Waals surface area (Å²) >= 11 is 0. The lowest BCUT2D eigenvalue weighted by molar-refractivity contribution is -0.128. The Hall–Kier alpha value is -3.36. The molecule has 1 saturated heterocycles. The van der Waals surface area contributed by atoms with Gasteiger partial charge in [-0.05, 0) is 35.3 Å². The molecule has 8 nitrogen and oxygen atoms in total. The summed E-state index contributed by atoms with van der Waals surface area (Å²) in [7, 11) is 0.